The van der Waals surface area contributed by atoms with E-state index in [1.54, 1.807) is 0 Å². The van der Waals surface area contributed by atoms with Crippen molar-refractivity contribution >= 4 is 50.0 Å². The number of hydrogen-bond acceptors (Lipinski definition) is 5. The Morgan fingerprint density at radius 1 is 1.29 bits per heavy atom. The lowest BCUT2D eigenvalue weighted by molar-refractivity contribution is -0.114. The molecular weight excluding hydrogens is 502 g/mol. The van der Waals surface area contributed by atoms with Gasteiger partial charge in [0.25, 0.3) is 11.7 Å². The van der Waals surface area contributed by atoms with Gasteiger partial charge in [0.1, 0.15) is 0 Å². The Labute approximate surface area is 177 Å². The van der Waals surface area contributed by atoms with Crippen LogP contribution in [-0.2, 0) is 19.6 Å². The molecule has 0 aliphatic carbocycles. The maximum Gasteiger partial charge on any atom is 0.299 e. The molecule has 1 saturated heterocycles. The molecule has 28 heavy (non-hydrogen) atoms. The van der Waals surface area contributed by atoms with Crippen molar-refractivity contribution in [2.75, 3.05) is 38.4 Å². The number of alkyl halides is 1. The molecule has 1 fully saturated rings. The standard InChI is InChI=1S/C18H22FIN2O5S/c1-27-11-12-5-4-8-22(12)28(25,26)13-9-14-16(15(20)10-13)21(7-3-2-6-19)18(24)17(14)23/h9-10,12H,2-8,11H2,1H3/t12-/m0/s1. The van der Waals surface area contributed by atoms with Gasteiger partial charge >= 0.3 is 0 Å². The number of sulfonamides is 1. The van der Waals surface area contributed by atoms with E-state index >= 15 is 0 Å². The molecule has 3 rings (SSSR count). The van der Waals surface area contributed by atoms with Crippen LogP contribution >= 0.6 is 22.6 Å². The van der Waals surface area contributed by atoms with E-state index in [1.165, 1.54) is 28.4 Å². The SMILES string of the molecule is COC[C@@H]1CCCN1S(=O)(=O)c1cc(I)c2c(c1)C(=O)C(=O)N2CCCCF. The van der Waals surface area contributed by atoms with Crippen molar-refractivity contribution in [2.24, 2.45) is 0 Å². The van der Waals surface area contributed by atoms with Crippen LogP contribution in [0, 0.1) is 3.57 Å². The summed E-state index contributed by atoms with van der Waals surface area (Å²) in [7, 11) is -2.29. The van der Waals surface area contributed by atoms with Gasteiger partial charge in [-0.3, -0.25) is 14.0 Å². The molecule has 0 saturated carbocycles. The van der Waals surface area contributed by atoms with Gasteiger partial charge in [-0.25, -0.2) is 8.42 Å². The van der Waals surface area contributed by atoms with Gasteiger partial charge in [-0.05, 0) is 60.4 Å². The number of unbranched alkanes of at least 4 members (excludes halogenated alkanes) is 1. The van der Waals surface area contributed by atoms with Gasteiger partial charge < -0.3 is 9.64 Å². The predicted molar refractivity (Wildman–Crippen MR) is 110 cm³/mol. The number of nitrogens with zero attached hydrogens (tertiary/aromatic N) is 2. The summed E-state index contributed by atoms with van der Waals surface area (Å²) < 4.78 is 45.8. The third-order valence-electron chi connectivity index (χ3n) is 5.04. The first-order valence-corrected chi connectivity index (χ1v) is 11.6. The fraction of sp³-hybridized carbons (Fsp3) is 0.556. The van der Waals surface area contributed by atoms with Crippen molar-refractivity contribution in [3.63, 3.8) is 0 Å². The van der Waals surface area contributed by atoms with E-state index in [0.29, 0.717) is 35.3 Å². The van der Waals surface area contributed by atoms with Crippen LogP contribution in [0.1, 0.15) is 36.0 Å². The first-order valence-electron chi connectivity index (χ1n) is 9.09. The first kappa shape index (κ1) is 21.6. The number of carbonyl (C=O) groups is 2. The number of carbonyl (C=O) groups excluding carboxylic acids is 2. The molecule has 2 aliphatic heterocycles. The first-order chi connectivity index (χ1) is 13.3. The zero-order valence-electron chi connectivity index (χ0n) is 15.5. The summed E-state index contributed by atoms with van der Waals surface area (Å²) in [6.45, 7) is 0.439. The van der Waals surface area contributed by atoms with E-state index in [0.717, 1.165) is 12.8 Å². The number of ketones is 1. The van der Waals surface area contributed by atoms with Gasteiger partial charge in [0.15, 0.2) is 0 Å². The van der Waals surface area contributed by atoms with Gasteiger partial charge in [0.05, 0.1) is 29.4 Å². The number of Topliss-reactive ketones (excluding diaryl/α,β-unsaturated/α-hetero) is 1. The summed E-state index contributed by atoms with van der Waals surface area (Å²) in [5, 5.41) is 0. The van der Waals surface area contributed by atoms with Crippen molar-refractivity contribution in [2.45, 2.75) is 36.6 Å². The molecule has 1 atom stereocenters. The smallest absolute Gasteiger partial charge is 0.299 e. The summed E-state index contributed by atoms with van der Waals surface area (Å²) in [4.78, 5) is 26.2. The zero-order valence-corrected chi connectivity index (χ0v) is 18.5. The molecule has 0 aromatic heterocycles. The number of halogens is 2. The Hall–Kier alpha value is -1.11. The Balaban J connectivity index is 1.97. The summed E-state index contributed by atoms with van der Waals surface area (Å²) in [5.74, 6) is -1.42. The van der Waals surface area contributed by atoms with Crippen LogP contribution in [0.4, 0.5) is 10.1 Å². The van der Waals surface area contributed by atoms with E-state index in [1.807, 2.05) is 22.6 Å². The van der Waals surface area contributed by atoms with E-state index in [2.05, 4.69) is 0 Å². The molecule has 154 valence electrons. The summed E-state index contributed by atoms with van der Waals surface area (Å²) in [5.41, 5.74) is 0.515. The molecule has 0 spiro atoms. The van der Waals surface area contributed by atoms with Crippen molar-refractivity contribution in [3.8, 4) is 0 Å². The van der Waals surface area contributed by atoms with E-state index in [4.69, 9.17) is 4.74 Å². The third kappa shape index (κ3) is 3.83. The van der Waals surface area contributed by atoms with E-state index < -0.39 is 28.4 Å². The minimum Gasteiger partial charge on any atom is -0.383 e. The topological polar surface area (TPSA) is 84.0 Å². The second-order valence-corrected chi connectivity index (χ2v) is 9.90. The molecule has 1 aromatic carbocycles. The van der Waals surface area contributed by atoms with Gasteiger partial charge in [0.2, 0.25) is 10.0 Å². The second kappa shape index (κ2) is 8.72. The highest BCUT2D eigenvalue weighted by molar-refractivity contribution is 14.1. The number of amides is 1. The lowest BCUT2D eigenvalue weighted by atomic mass is 10.1. The summed E-state index contributed by atoms with van der Waals surface area (Å²) in [6, 6.07) is 2.55. The average molecular weight is 524 g/mol. The number of anilines is 1. The lowest BCUT2D eigenvalue weighted by Crippen LogP contribution is -2.38. The Kier molecular flexibility index (Phi) is 6.72. The highest BCUT2D eigenvalue weighted by Crippen LogP contribution is 2.37. The molecule has 7 nitrogen and oxygen atoms in total. The molecule has 0 radical (unpaired) electrons. The maximum atomic E-state index is 13.2. The van der Waals surface area contributed by atoms with Crippen LogP contribution in [0.25, 0.3) is 0 Å². The Morgan fingerprint density at radius 3 is 2.71 bits per heavy atom. The molecular formula is C18H22FIN2O5S. The minimum atomic E-state index is -3.82. The number of hydrogen-bond donors (Lipinski definition) is 0. The summed E-state index contributed by atoms with van der Waals surface area (Å²) >= 11 is 1.95. The number of methoxy groups -OCH3 is 1. The fourth-order valence-corrected chi connectivity index (χ4v) is 6.57. The number of ether oxygens (including phenoxy) is 1. The average Bonchev–Trinajstić information content (AvgIpc) is 3.22. The highest BCUT2D eigenvalue weighted by atomic mass is 127. The molecule has 2 aliphatic rings. The number of fused-ring (bicyclic) bond motifs is 1. The lowest BCUT2D eigenvalue weighted by Gasteiger charge is -2.24. The molecule has 1 amide bonds. The van der Waals surface area contributed by atoms with Crippen molar-refractivity contribution in [1.82, 2.24) is 4.31 Å². The van der Waals surface area contributed by atoms with Gasteiger partial charge in [-0.15, -0.1) is 0 Å². The quantitative estimate of drug-likeness (QED) is 0.296. The van der Waals surface area contributed by atoms with Crippen LogP contribution in [0.15, 0.2) is 17.0 Å². The van der Waals surface area contributed by atoms with E-state index in [-0.39, 0.29) is 23.0 Å². The molecule has 0 unspecified atom stereocenters. The van der Waals surface area contributed by atoms with Crippen LogP contribution in [0.5, 0.6) is 0 Å². The van der Waals surface area contributed by atoms with Crippen LogP contribution in [0.2, 0.25) is 0 Å². The second-order valence-electron chi connectivity index (χ2n) is 6.85. The Bertz CT molecular complexity index is 892. The summed E-state index contributed by atoms with van der Waals surface area (Å²) in [6.07, 6.45) is 2.19. The molecule has 0 N–H and O–H groups in total. The van der Waals surface area contributed by atoms with Crippen LogP contribution in [-0.4, -0.2) is 63.9 Å². The van der Waals surface area contributed by atoms with Gasteiger partial charge in [-0.2, -0.15) is 4.31 Å². The van der Waals surface area contributed by atoms with Crippen LogP contribution in [0.3, 0.4) is 0 Å². The highest BCUT2D eigenvalue weighted by Gasteiger charge is 2.40. The molecule has 1 aromatic rings. The largest absolute Gasteiger partial charge is 0.383 e. The van der Waals surface area contributed by atoms with Crippen molar-refractivity contribution < 1.29 is 27.1 Å². The molecule has 10 heteroatoms. The molecule has 0 bridgehead atoms. The van der Waals surface area contributed by atoms with Crippen molar-refractivity contribution in [3.05, 3.63) is 21.3 Å². The minimum absolute atomic E-state index is 0.00501. The normalized spacial score (nSPS) is 20.2. The number of rotatable bonds is 8. The monoisotopic (exact) mass is 524 g/mol. The van der Waals surface area contributed by atoms with E-state index in [9.17, 15) is 22.4 Å². The third-order valence-corrected chi connectivity index (χ3v) is 7.80. The van der Waals surface area contributed by atoms with Gasteiger partial charge in [-0.1, -0.05) is 0 Å². The Morgan fingerprint density at radius 2 is 2.04 bits per heavy atom. The fourth-order valence-electron chi connectivity index (χ4n) is 3.71. The zero-order chi connectivity index (χ0) is 20.5. The maximum absolute atomic E-state index is 13.2. The number of benzene rings is 1. The van der Waals surface area contributed by atoms with Crippen molar-refractivity contribution in [1.29, 1.82) is 0 Å². The molecule has 2 heterocycles. The van der Waals surface area contributed by atoms with Gasteiger partial charge in [0, 0.05) is 29.8 Å². The van der Waals surface area contributed by atoms with Crippen LogP contribution < -0.4 is 4.90 Å². The predicted octanol–water partition coefficient (Wildman–Crippen LogP) is 2.37.